The molecule has 2 fully saturated rings. The normalized spacial score (nSPS) is 39.9. The monoisotopic (exact) mass is 195 g/mol. The summed E-state index contributed by atoms with van der Waals surface area (Å²) in [5.41, 5.74) is 1.22. The summed E-state index contributed by atoms with van der Waals surface area (Å²) in [7, 11) is 2.29. The Labute approximate surface area is 88.9 Å². The molecule has 1 heterocycles. The van der Waals surface area contributed by atoms with Crippen LogP contribution in [-0.4, -0.2) is 25.0 Å². The van der Waals surface area contributed by atoms with E-state index < -0.39 is 0 Å². The second-order valence-electron chi connectivity index (χ2n) is 6.66. The van der Waals surface area contributed by atoms with Gasteiger partial charge in [-0.1, -0.05) is 20.8 Å². The summed E-state index contributed by atoms with van der Waals surface area (Å²) < 4.78 is 0. The van der Waals surface area contributed by atoms with Crippen molar-refractivity contribution in [3.05, 3.63) is 0 Å². The van der Waals surface area contributed by atoms with Gasteiger partial charge in [0.05, 0.1) is 0 Å². The lowest BCUT2D eigenvalue weighted by atomic mass is 9.49. The molecule has 0 N–H and O–H groups in total. The van der Waals surface area contributed by atoms with E-state index in [-0.39, 0.29) is 0 Å². The summed E-state index contributed by atoms with van der Waals surface area (Å²) in [5, 5.41) is 0. The van der Waals surface area contributed by atoms with Crippen molar-refractivity contribution >= 4 is 0 Å². The molecule has 2 atom stereocenters. The zero-order chi connectivity index (χ0) is 10.4. The van der Waals surface area contributed by atoms with Crippen molar-refractivity contribution in [2.45, 2.75) is 46.5 Å². The Kier molecular flexibility index (Phi) is 2.42. The third-order valence-corrected chi connectivity index (χ3v) is 4.51. The van der Waals surface area contributed by atoms with Crippen molar-refractivity contribution < 1.29 is 0 Å². The topological polar surface area (TPSA) is 3.24 Å². The van der Waals surface area contributed by atoms with Gasteiger partial charge in [0.2, 0.25) is 0 Å². The molecule has 2 unspecified atom stereocenters. The molecule has 0 aromatic rings. The Bertz CT molecular complexity index is 216. The minimum atomic E-state index is 0.524. The van der Waals surface area contributed by atoms with Gasteiger partial charge in [-0.15, -0.1) is 0 Å². The Morgan fingerprint density at radius 2 is 1.93 bits per heavy atom. The summed E-state index contributed by atoms with van der Waals surface area (Å²) in [6.07, 6.45) is 5.86. The lowest BCUT2D eigenvalue weighted by Gasteiger charge is -2.59. The van der Waals surface area contributed by atoms with Gasteiger partial charge < -0.3 is 4.90 Å². The highest BCUT2D eigenvalue weighted by Crippen LogP contribution is 2.58. The van der Waals surface area contributed by atoms with E-state index in [1.165, 1.54) is 38.8 Å². The van der Waals surface area contributed by atoms with Crippen LogP contribution in [0.1, 0.15) is 46.5 Å². The van der Waals surface area contributed by atoms with Crippen LogP contribution in [0.2, 0.25) is 0 Å². The van der Waals surface area contributed by atoms with Crippen LogP contribution in [0.4, 0.5) is 0 Å². The fraction of sp³-hybridized carbons (Fsp3) is 1.00. The van der Waals surface area contributed by atoms with Gasteiger partial charge >= 0.3 is 0 Å². The van der Waals surface area contributed by atoms with Crippen LogP contribution >= 0.6 is 0 Å². The predicted molar refractivity (Wildman–Crippen MR) is 61.3 cm³/mol. The van der Waals surface area contributed by atoms with Crippen LogP contribution in [-0.2, 0) is 0 Å². The van der Waals surface area contributed by atoms with Gasteiger partial charge in [0, 0.05) is 6.54 Å². The van der Waals surface area contributed by atoms with Gasteiger partial charge in [-0.2, -0.15) is 0 Å². The molecule has 2 rings (SSSR count). The SMILES string of the molecule is CN1CCCC2(CCC2C(C)(C)C)C1. The van der Waals surface area contributed by atoms with Crippen LogP contribution in [0.5, 0.6) is 0 Å². The van der Waals surface area contributed by atoms with E-state index in [4.69, 9.17) is 0 Å². The van der Waals surface area contributed by atoms with Crippen molar-refractivity contribution in [2.75, 3.05) is 20.1 Å². The lowest BCUT2D eigenvalue weighted by molar-refractivity contribution is -0.0890. The van der Waals surface area contributed by atoms with Crippen molar-refractivity contribution in [3.63, 3.8) is 0 Å². The lowest BCUT2D eigenvalue weighted by Crippen LogP contribution is -2.55. The molecule has 1 aliphatic heterocycles. The molecule has 0 aromatic heterocycles. The molecular weight excluding hydrogens is 170 g/mol. The molecule has 82 valence electrons. The second-order valence-corrected chi connectivity index (χ2v) is 6.66. The Morgan fingerprint density at radius 3 is 2.36 bits per heavy atom. The second kappa shape index (κ2) is 3.23. The van der Waals surface area contributed by atoms with Crippen molar-refractivity contribution in [3.8, 4) is 0 Å². The van der Waals surface area contributed by atoms with Gasteiger partial charge in [-0.05, 0) is 56.0 Å². The summed E-state index contributed by atoms with van der Waals surface area (Å²) in [4.78, 5) is 2.54. The van der Waals surface area contributed by atoms with Crippen LogP contribution in [0.3, 0.4) is 0 Å². The molecule has 1 nitrogen and oxygen atoms in total. The van der Waals surface area contributed by atoms with Crippen molar-refractivity contribution in [1.29, 1.82) is 0 Å². The molecule has 0 radical (unpaired) electrons. The van der Waals surface area contributed by atoms with E-state index in [1.54, 1.807) is 0 Å². The fourth-order valence-corrected chi connectivity index (χ4v) is 3.93. The number of likely N-dealkylation sites (tertiary alicyclic amines) is 1. The first-order valence-electron chi connectivity index (χ1n) is 6.13. The Balaban J connectivity index is 2.09. The molecule has 14 heavy (non-hydrogen) atoms. The van der Waals surface area contributed by atoms with E-state index in [0.29, 0.717) is 10.8 Å². The minimum absolute atomic E-state index is 0.524. The third kappa shape index (κ3) is 1.60. The van der Waals surface area contributed by atoms with Gasteiger partial charge in [0.25, 0.3) is 0 Å². The molecule has 1 saturated heterocycles. The largest absolute Gasteiger partial charge is 0.306 e. The van der Waals surface area contributed by atoms with Crippen LogP contribution < -0.4 is 0 Å². The zero-order valence-electron chi connectivity index (χ0n) is 10.3. The maximum absolute atomic E-state index is 2.54. The van der Waals surface area contributed by atoms with Crippen LogP contribution in [0, 0.1) is 16.7 Å². The first-order valence-corrected chi connectivity index (χ1v) is 6.13. The number of nitrogens with zero attached hydrogens (tertiary/aromatic N) is 1. The van der Waals surface area contributed by atoms with E-state index in [2.05, 4.69) is 32.7 Å². The molecular formula is C13H25N. The molecule has 1 heteroatoms. The molecule has 0 amide bonds. The highest BCUT2D eigenvalue weighted by atomic mass is 15.1. The zero-order valence-corrected chi connectivity index (χ0v) is 10.3. The summed E-state index contributed by atoms with van der Waals surface area (Å²) in [5.74, 6) is 0.970. The van der Waals surface area contributed by atoms with E-state index >= 15 is 0 Å². The molecule has 0 aromatic carbocycles. The minimum Gasteiger partial charge on any atom is -0.306 e. The summed E-state index contributed by atoms with van der Waals surface area (Å²) in [6, 6.07) is 0. The van der Waals surface area contributed by atoms with Crippen molar-refractivity contribution in [2.24, 2.45) is 16.7 Å². The number of hydrogen-bond donors (Lipinski definition) is 0. The Hall–Kier alpha value is -0.0400. The number of rotatable bonds is 0. The average molecular weight is 195 g/mol. The van der Waals surface area contributed by atoms with Gasteiger partial charge in [0.1, 0.15) is 0 Å². The molecule has 1 spiro atoms. The van der Waals surface area contributed by atoms with Crippen LogP contribution in [0.15, 0.2) is 0 Å². The summed E-state index contributed by atoms with van der Waals surface area (Å²) in [6.45, 7) is 9.95. The number of hydrogen-bond acceptors (Lipinski definition) is 1. The fourth-order valence-electron chi connectivity index (χ4n) is 3.93. The van der Waals surface area contributed by atoms with E-state index in [1.807, 2.05) is 0 Å². The average Bonchev–Trinajstić information content (AvgIpc) is 1.99. The van der Waals surface area contributed by atoms with Gasteiger partial charge in [0.15, 0.2) is 0 Å². The van der Waals surface area contributed by atoms with E-state index in [0.717, 1.165) is 5.92 Å². The third-order valence-electron chi connectivity index (χ3n) is 4.51. The molecule has 2 aliphatic rings. The highest BCUT2D eigenvalue weighted by molar-refractivity contribution is 5.03. The predicted octanol–water partition coefficient (Wildman–Crippen LogP) is 3.15. The first-order chi connectivity index (χ1) is 6.44. The maximum Gasteiger partial charge on any atom is 0.00378 e. The number of piperidine rings is 1. The Morgan fingerprint density at radius 1 is 1.21 bits per heavy atom. The quantitative estimate of drug-likeness (QED) is 0.574. The molecule has 0 bridgehead atoms. The first kappa shape index (κ1) is 10.5. The van der Waals surface area contributed by atoms with Crippen LogP contribution in [0.25, 0.3) is 0 Å². The molecule has 1 saturated carbocycles. The highest BCUT2D eigenvalue weighted by Gasteiger charge is 2.52. The molecule has 1 aliphatic carbocycles. The smallest absolute Gasteiger partial charge is 0.00378 e. The van der Waals surface area contributed by atoms with E-state index in [9.17, 15) is 0 Å². The maximum atomic E-state index is 2.54. The van der Waals surface area contributed by atoms with Crippen molar-refractivity contribution in [1.82, 2.24) is 4.90 Å². The summed E-state index contributed by atoms with van der Waals surface area (Å²) >= 11 is 0. The van der Waals surface area contributed by atoms with Gasteiger partial charge in [-0.3, -0.25) is 0 Å². The standard InChI is InChI=1S/C13H25N/c1-12(2,3)11-6-8-13(11)7-5-9-14(4)10-13/h11H,5-10H2,1-4H3. The van der Waals surface area contributed by atoms with Gasteiger partial charge in [-0.25, -0.2) is 0 Å².